The number of carbonyl (C=O) groups excluding carboxylic acids is 1. The maximum absolute atomic E-state index is 12.2. The number of ether oxygens (including phenoxy) is 2. The average molecular weight is 390 g/mol. The standard InChI is InChI=1S/C24H26N2O3/c1-18-15-20(26(2)3)9-14-23(18)25-24(27)17-29-22-12-10-21(11-13-22)28-16-19-7-5-4-6-8-19/h4-15H,16-17H2,1-3H3,(H,25,27). The molecule has 0 aromatic heterocycles. The van der Waals surface area contributed by atoms with Gasteiger partial charge in [0.25, 0.3) is 5.91 Å². The number of hydrogen-bond donors (Lipinski definition) is 1. The molecule has 1 N–H and O–H groups in total. The number of hydrogen-bond acceptors (Lipinski definition) is 4. The van der Waals surface area contributed by atoms with E-state index >= 15 is 0 Å². The molecule has 0 aliphatic heterocycles. The van der Waals surface area contributed by atoms with Crippen molar-refractivity contribution in [2.24, 2.45) is 0 Å². The van der Waals surface area contributed by atoms with Gasteiger partial charge in [-0.3, -0.25) is 4.79 Å². The van der Waals surface area contributed by atoms with E-state index < -0.39 is 0 Å². The first kappa shape index (κ1) is 20.3. The minimum Gasteiger partial charge on any atom is -0.489 e. The molecule has 5 heteroatoms. The number of nitrogens with one attached hydrogen (secondary N) is 1. The summed E-state index contributed by atoms with van der Waals surface area (Å²) in [4.78, 5) is 14.2. The van der Waals surface area contributed by atoms with Crippen LogP contribution in [0.15, 0.2) is 72.8 Å². The fourth-order valence-electron chi connectivity index (χ4n) is 2.77. The highest BCUT2D eigenvalue weighted by molar-refractivity contribution is 5.92. The zero-order chi connectivity index (χ0) is 20.6. The van der Waals surface area contributed by atoms with Crippen molar-refractivity contribution in [3.63, 3.8) is 0 Å². The van der Waals surface area contributed by atoms with E-state index in [4.69, 9.17) is 9.47 Å². The normalized spacial score (nSPS) is 10.3. The SMILES string of the molecule is Cc1cc(N(C)C)ccc1NC(=O)COc1ccc(OCc2ccccc2)cc1. The number of anilines is 2. The summed E-state index contributed by atoms with van der Waals surface area (Å²) in [5.74, 6) is 1.17. The Balaban J connectivity index is 1.47. The fourth-order valence-corrected chi connectivity index (χ4v) is 2.77. The van der Waals surface area contributed by atoms with E-state index in [-0.39, 0.29) is 12.5 Å². The van der Waals surface area contributed by atoms with E-state index in [1.54, 1.807) is 12.1 Å². The third-order valence-corrected chi connectivity index (χ3v) is 4.44. The van der Waals surface area contributed by atoms with Gasteiger partial charge in [-0.2, -0.15) is 0 Å². The van der Waals surface area contributed by atoms with Crippen LogP contribution in [0.4, 0.5) is 11.4 Å². The van der Waals surface area contributed by atoms with Crippen molar-refractivity contribution in [3.8, 4) is 11.5 Å². The highest BCUT2D eigenvalue weighted by Gasteiger charge is 2.07. The number of nitrogens with zero attached hydrogens (tertiary/aromatic N) is 1. The first-order valence-corrected chi connectivity index (χ1v) is 9.48. The van der Waals surface area contributed by atoms with E-state index in [2.05, 4.69) is 5.32 Å². The molecule has 0 fully saturated rings. The molecule has 29 heavy (non-hydrogen) atoms. The molecule has 0 aliphatic carbocycles. The first-order valence-electron chi connectivity index (χ1n) is 9.48. The van der Waals surface area contributed by atoms with Gasteiger partial charge in [0.2, 0.25) is 0 Å². The summed E-state index contributed by atoms with van der Waals surface area (Å²) >= 11 is 0. The van der Waals surface area contributed by atoms with E-state index in [1.807, 2.05) is 86.6 Å². The van der Waals surface area contributed by atoms with Crippen molar-refractivity contribution in [2.45, 2.75) is 13.5 Å². The Morgan fingerprint density at radius 1 is 0.897 bits per heavy atom. The second-order valence-electron chi connectivity index (χ2n) is 6.98. The third kappa shape index (κ3) is 6.01. The molecule has 0 heterocycles. The Morgan fingerprint density at radius 2 is 1.55 bits per heavy atom. The van der Waals surface area contributed by atoms with Gasteiger partial charge in [0.05, 0.1) is 0 Å². The van der Waals surface area contributed by atoms with Crippen LogP contribution in [0.25, 0.3) is 0 Å². The fraction of sp³-hybridized carbons (Fsp3) is 0.208. The van der Waals surface area contributed by atoms with Gasteiger partial charge in [-0.05, 0) is 60.5 Å². The zero-order valence-electron chi connectivity index (χ0n) is 17.0. The second kappa shape index (κ2) is 9.64. The summed E-state index contributed by atoms with van der Waals surface area (Å²) < 4.78 is 11.3. The van der Waals surface area contributed by atoms with Crippen LogP contribution in [0, 0.1) is 6.92 Å². The summed E-state index contributed by atoms with van der Waals surface area (Å²) in [6.45, 7) is 2.42. The lowest BCUT2D eigenvalue weighted by molar-refractivity contribution is -0.118. The zero-order valence-corrected chi connectivity index (χ0v) is 17.0. The Morgan fingerprint density at radius 3 is 2.17 bits per heavy atom. The Labute approximate surface area is 171 Å². The molecular formula is C24H26N2O3. The summed E-state index contributed by atoms with van der Waals surface area (Å²) in [5.41, 5.74) is 3.99. The lowest BCUT2D eigenvalue weighted by Gasteiger charge is -2.15. The highest BCUT2D eigenvalue weighted by atomic mass is 16.5. The molecular weight excluding hydrogens is 364 g/mol. The van der Waals surface area contributed by atoms with Gasteiger partial charge in [0, 0.05) is 25.5 Å². The molecule has 0 bridgehead atoms. The van der Waals surface area contributed by atoms with E-state index in [9.17, 15) is 4.79 Å². The van der Waals surface area contributed by atoms with Crippen molar-refractivity contribution < 1.29 is 14.3 Å². The van der Waals surface area contributed by atoms with Crippen molar-refractivity contribution in [1.29, 1.82) is 0 Å². The van der Waals surface area contributed by atoms with E-state index in [1.165, 1.54) is 0 Å². The van der Waals surface area contributed by atoms with Crippen molar-refractivity contribution >= 4 is 17.3 Å². The molecule has 0 aliphatic rings. The van der Waals surface area contributed by atoms with Crippen LogP contribution in [0.1, 0.15) is 11.1 Å². The predicted molar refractivity (Wildman–Crippen MR) is 117 cm³/mol. The smallest absolute Gasteiger partial charge is 0.262 e. The van der Waals surface area contributed by atoms with Gasteiger partial charge in [-0.1, -0.05) is 30.3 Å². The number of aryl methyl sites for hydroxylation is 1. The quantitative estimate of drug-likeness (QED) is 0.608. The minimum atomic E-state index is -0.199. The number of benzene rings is 3. The monoisotopic (exact) mass is 390 g/mol. The van der Waals surface area contributed by atoms with Crippen LogP contribution in [-0.4, -0.2) is 26.6 Å². The van der Waals surface area contributed by atoms with Crippen molar-refractivity contribution in [3.05, 3.63) is 83.9 Å². The Kier molecular flexibility index (Phi) is 6.74. The van der Waals surface area contributed by atoms with Crippen LogP contribution in [0.3, 0.4) is 0 Å². The third-order valence-electron chi connectivity index (χ3n) is 4.44. The summed E-state index contributed by atoms with van der Waals surface area (Å²) in [5, 5.41) is 2.89. The summed E-state index contributed by atoms with van der Waals surface area (Å²) in [7, 11) is 3.97. The Hall–Kier alpha value is -3.47. The molecule has 0 atom stereocenters. The van der Waals surface area contributed by atoms with Crippen LogP contribution in [0.2, 0.25) is 0 Å². The van der Waals surface area contributed by atoms with Gasteiger partial charge in [-0.25, -0.2) is 0 Å². The van der Waals surface area contributed by atoms with Gasteiger partial charge in [0.15, 0.2) is 6.61 Å². The molecule has 5 nitrogen and oxygen atoms in total. The van der Waals surface area contributed by atoms with E-state index in [0.29, 0.717) is 12.4 Å². The molecule has 3 aromatic rings. The van der Waals surface area contributed by atoms with Crippen LogP contribution >= 0.6 is 0 Å². The molecule has 0 radical (unpaired) electrons. The number of amides is 1. The molecule has 0 saturated heterocycles. The molecule has 150 valence electrons. The molecule has 3 rings (SSSR count). The minimum absolute atomic E-state index is 0.0565. The van der Waals surface area contributed by atoms with Gasteiger partial charge >= 0.3 is 0 Å². The summed E-state index contributed by atoms with van der Waals surface area (Å²) in [6.07, 6.45) is 0. The predicted octanol–water partition coefficient (Wildman–Crippen LogP) is 4.66. The molecule has 0 saturated carbocycles. The molecule has 3 aromatic carbocycles. The van der Waals surface area contributed by atoms with Crippen molar-refractivity contribution in [1.82, 2.24) is 0 Å². The second-order valence-corrected chi connectivity index (χ2v) is 6.98. The molecule has 0 spiro atoms. The molecule has 0 unspecified atom stereocenters. The maximum atomic E-state index is 12.2. The highest BCUT2D eigenvalue weighted by Crippen LogP contribution is 2.22. The number of rotatable bonds is 8. The lowest BCUT2D eigenvalue weighted by atomic mass is 10.1. The lowest BCUT2D eigenvalue weighted by Crippen LogP contribution is -2.20. The summed E-state index contributed by atoms with van der Waals surface area (Å²) in [6, 6.07) is 23.2. The van der Waals surface area contributed by atoms with Crippen LogP contribution in [0.5, 0.6) is 11.5 Å². The topological polar surface area (TPSA) is 50.8 Å². The Bertz CT molecular complexity index is 938. The average Bonchev–Trinajstić information content (AvgIpc) is 2.73. The van der Waals surface area contributed by atoms with Gasteiger partial charge in [-0.15, -0.1) is 0 Å². The van der Waals surface area contributed by atoms with Crippen molar-refractivity contribution in [2.75, 3.05) is 30.9 Å². The first-order chi connectivity index (χ1) is 14.0. The maximum Gasteiger partial charge on any atom is 0.262 e. The molecule has 1 amide bonds. The number of carbonyl (C=O) groups is 1. The van der Waals surface area contributed by atoms with E-state index in [0.717, 1.165) is 28.3 Å². The largest absolute Gasteiger partial charge is 0.489 e. The van der Waals surface area contributed by atoms with Crippen LogP contribution in [-0.2, 0) is 11.4 Å². The van der Waals surface area contributed by atoms with Crippen LogP contribution < -0.4 is 19.7 Å². The van der Waals surface area contributed by atoms with Gasteiger partial charge in [0.1, 0.15) is 18.1 Å². The van der Waals surface area contributed by atoms with Gasteiger partial charge < -0.3 is 19.7 Å².